The molecule has 0 saturated heterocycles. The monoisotopic (exact) mass is 394 g/mol. The van der Waals surface area contributed by atoms with Crippen LogP contribution in [0, 0.1) is 0 Å². The first-order valence-corrected chi connectivity index (χ1v) is 9.92. The van der Waals surface area contributed by atoms with Crippen molar-refractivity contribution < 1.29 is 9.59 Å². The molecule has 0 spiro atoms. The molecule has 1 heterocycles. The van der Waals surface area contributed by atoms with E-state index in [1.54, 1.807) is 6.92 Å². The van der Waals surface area contributed by atoms with Crippen molar-refractivity contribution in [3.05, 3.63) is 54.6 Å². The predicted octanol–water partition coefficient (Wildman–Crippen LogP) is 4.01. The van der Waals surface area contributed by atoms with Gasteiger partial charge in [-0.2, -0.15) is 0 Å². The Labute approximate surface area is 168 Å². The highest BCUT2D eigenvalue weighted by Gasteiger charge is 2.20. The molecule has 0 aliphatic heterocycles. The van der Waals surface area contributed by atoms with Crippen LogP contribution < -0.4 is 10.6 Å². The molecule has 144 valence electrons. The second-order valence-electron chi connectivity index (χ2n) is 6.64. The fourth-order valence-electron chi connectivity index (χ4n) is 2.71. The van der Waals surface area contributed by atoms with Crippen molar-refractivity contribution >= 4 is 34.5 Å². The topological polar surface area (TPSA) is 84.0 Å². The normalized spacial score (nSPS) is 12.0. The minimum atomic E-state index is -0.502. The van der Waals surface area contributed by atoms with Gasteiger partial charge in [-0.1, -0.05) is 66.4 Å². The summed E-state index contributed by atoms with van der Waals surface area (Å²) in [4.78, 5) is 24.1. The smallest absolute Gasteiger partial charge is 0.321 e. The van der Waals surface area contributed by atoms with E-state index < -0.39 is 11.3 Å². The van der Waals surface area contributed by atoms with E-state index >= 15 is 0 Å². The number of hydrogen-bond acceptors (Lipinski definition) is 5. The molecule has 1 atom stereocenters. The minimum Gasteiger partial charge on any atom is -0.336 e. The maximum atomic E-state index is 12.3. The number of urea groups is 1. The summed E-state index contributed by atoms with van der Waals surface area (Å²) in [6, 6.07) is 17.2. The van der Waals surface area contributed by atoms with Gasteiger partial charge >= 0.3 is 6.03 Å². The SMILES string of the molecule is CC(C)NC(=O)NC(=O)[C@@H](C)Sc1nnc(-c2ccccc2)c2ccccc12. The number of amides is 3. The molecule has 0 unspecified atom stereocenters. The van der Waals surface area contributed by atoms with Crippen molar-refractivity contribution in [3.63, 3.8) is 0 Å². The summed E-state index contributed by atoms with van der Waals surface area (Å²) in [6.07, 6.45) is 0. The van der Waals surface area contributed by atoms with E-state index in [1.807, 2.05) is 68.4 Å². The van der Waals surface area contributed by atoms with Gasteiger partial charge in [0.15, 0.2) is 0 Å². The van der Waals surface area contributed by atoms with Crippen LogP contribution in [0.15, 0.2) is 59.6 Å². The quantitative estimate of drug-likeness (QED) is 0.639. The highest BCUT2D eigenvalue weighted by molar-refractivity contribution is 8.00. The fourth-order valence-corrected chi connectivity index (χ4v) is 3.60. The third kappa shape index (κ3) is 4.67. The Bertz CT molecular complexity index is 992. The first-order valence-electron chi connectivity index (χ1n) is 9.04. The Morgan fingerprint density at radius 1 is 0.893 bits per heavy atom. The lowest BCUT2D eigenvalue weighted by Gasteiger charge is -2.14. The van der Waals surface area contributed by atoms with Gasteiger partial charge in [0, 0.05) is 22.4 Å². The van der Waals surface area contributed by atoms with E-state index in [2.05, 4.69) is 20.8 Å². The van der Waals surface area contributed by atoms with Gasteiger partial charge in [0.2, 0.25) is 5.91 Å². The molecule has 6 nitrogen and oxygen atoms in total. The highest BCUT2D eigenvalue weighted by atomic mass is 32.2. The zero-order chi connectivity index (χ0) is 20.1. The molecule has 28 heavy (non-hydrogen) atoms. The number of imide groups is 1. The lowest BCUT2D eigenvalue weighted by atomic mass is 10.1. The van der Waals surface area contributed by atoms with Crippen LogP contribution in [0.5, 0.6) is 0 Å². The Balaban J connectivity index is 1.84. The molecule has 0 aliphatic rings. The van der Waals surface area contributed by atoms with E-state index in [4.69, 9.17) is 0 Å². The first-order chi connectivity index (χ1) is 13.5. The summed E-state index contributed by atoms with van der Waals surface area (Å²) >= 11 is 1.28. The molecule has 1 aromatic heterocycles. The van der Waals surface area contributed by atoms with Gasteiger partial charge in [-0.05, 0) is 20.8 Å². The maximum absolute atomic E-state index is 12.3. The van der Waals surface area contributed by atoms with Crippen LogP contribution in [0.25, 0.3) is 22.0 Å². The molecule has 0 bridgehead atoms. The Morgan fingerprint density at radius 2 is 1.54 bits per heavy atom. The summed E-state index contributed by atoms with van der Waals surface area (Å²) in [5.41, 5.74) is 1.79. The third-order valence-corrected chi connectivity index (χ3v) is 5.11. The van der Waals surface area contributed by atoms with Crippen LogP contribution in [-0.4, -0.2) is 33.4 Å². The Hall–Kier alpha value is -2.93. The molecule has 0 fully saturated rings. The summed E-state index contributed by atoms with van der Waals surface area (Å²) in [7, 11) is 0. The van der Waals surface area contributed by atoms with Crippen molar-refractivity contribution in [3.8, 4) is 11.3 Å². The number of nitrogens with zero attached hydrogens (tertiary/aromatic N) is 2. The van der Waals surface area contributed by atoms with E-state index in [-0.39, 0.29) is 11.9 Å². The van der Waals surface area contributed by atoms with Gasteiger partial charge in [-0.25, -0.2) is 4.79 Å². The maximum Gasteiger partial charge on any atom is 0.321 e. The number of thioether (sulfide) groups is 1. The van der Waals surface area contributed by atoms with Gasteiger partial charge in [-0.15, -0.1) is 10.2 Å². The van der Waals surface area contributed by atoms with Crippen molar-refractivity contribution in [1.82, 2.24) is 20.8 Å². The van der Waals surface area contributed by atoms with Gasteiger partial charge in [0.05, 0.1) is 5.25 Å². The zero-order valence-electron chi connectivity index (χ0n) is 16.0. The lowest BCUT2D eigenvalue weighted by molar-refractivity contribution is -0.119. The number of benzene rings is 2. The van der Waals surface area contributed by atoms with Crippen LogP contribution in [0.4, 0.5) is 4.79 Å². The molecule has 7 heteroatoms. The molecule has 2 aromatic carbocycles. The number of carbonyl (C=O) groups excluding carboxylic acids is 2. The van der Waals surface area contributed by atoms with E-state index in [9.17, 15) is 9.59 Å². The van der Waals surface area contributed by atoms with Crippen LogP contribution in [0.3, 0.4) is 0 Å². The van der Waals surface area contributed by atoms with Gasteiger partial charge in [0.25, 0.3) is 0 Å². The largest absolute Gasteiger partial charge is 0.336 e. The standard InChI is InChI=1S/C21H22N4O2S/c1-13(2)22-21(27)23-19(26)14(3)28-20-17-12-8-7-11-16(17)18(24-25-20)15-9-5-4-6-10-15/h4-14H,1-3H3,(H2,22,23,26,27)/t14-/m1/s1. The van der Waals surface area contributed by atoms with Crippen molar-refractivity contribution in [2.45, 2.75) is 37.1 Å². The number of nitrogens with one attached hydrogen (secondary N) is 2. The molecule has 2 N–H and O–H groups in total. The van der Waals surface area contributed by atoms with Crippen molar-refractivity contribution in [2.75, 3.05) is 0 Å². The van der Waals surface area contributed by atoms with Gasteiger partial charge in [0.1, 0.15) is 10.7 Å². The summed E-state index contributed by atoms with van der Waals surface area (Å²) in [6.45, 7) is 5.40. The summed E-state index contributed by atoms with van der Waals surface area (Å²) < 4.78 is 0. The first kappa shape index (κ1) is 19.8. The molecule has 0 saturated carbocycles. The average Bonchev–Trinajstić information content (AvgIpc) is 2.68. The molecule has 0 aliphatic carbocycles. The van der Waals surface area contributed by atoms with Gasteiger partial charge < -0.3 is 5.32 Å². The second kappa shape index (κ2) is 8.84. The summed E-state index contributed by atoms with van der Waals surface area (Å²) in [5, 5.41) is 15.8. The van der Waals surface area contributed by atoms with Crippen LogP contribution >= 0.6 is 11.8 Å². The molecule has 3 aromatic rings. The molecular formula is C21H22N4O2S. The molecule has 3 rings (SSSR count). The number of aromatic nitrogens is 2. The average molecular weight is 395 g/mol. The van der Waals surface area contributed by atoms with Gasteiger partial charge in [-0.3, -0.25) is 10.1 Å². The Kier molecular flexibility index (Phi) is 6.26. The van der Waals surface area contributed by atoms with Crippen LogP contribution in [0.1, 0.15) is 20.8 Å². The third-order valence-electron chi connectivity index (χ3n) is 4.01. The number of fused-ring (bicyclic) bond motifs is 1. The lowest BCUT2D eigenvalue weighted by Crippen LogP contribution is -2.45. The number of rotatable bonds is 5. The minimum absolute atomic E-state index is 0.0453. The Morgan fingerprint density at radius 3 is 2.21 bits per heavy atom. The number of carbonyl (C=O) groups is 2. The summed E-state index contributed by atoms with van der Waals surface area (Å²) in [5.74, 6) is -0.374. The zero-order valence-corrected chi connectivity index (χ0v) is 16.8. The van der Waals surface area contributed by atoms with E-state index in [0.717, 1.165) is 22.0 Å². The van der Waals surface area contributed by atoms with Crippen molar-refractivity contribution in [1.29, 1.82) is 0 Å². The molecule has 3 amide bonds. The molecular weight excluding hydrogens is 372 g/mol. The van der Waals surface area contributed by atoms with Crippen LogP contribution in [0.2, 0.25) is 0 Å². The van der Waals surface area contributed by atoms with Crippen LogP contribution in [-0.2, 0) is 4.79 Å². The molecule has 0 radical (unpaired) electrons. The van der Waals surface area contributed by atoms with E-state index in [0.29, 0.717) is 5.03 Å². The second-order valence-corrected chi connectivity index (χ2v) is 7.97. The predicted molar refractivity (Wildman–Crippen MR) is 112 cm³/mol. The highest BCUT2D eigenvalue weighted by Crippen LogP contribution is 2.33. The van der Waals surface area contributed by atoms with E-state index in [1.165, 1.54) is 11.8 Å². The van der Waals surface area contributed by atoms with Crippen molar-refractivity contribution in [2.24, 2.45) is 0 Å². The number of hydrogen-bond donors (Lipinski definition) is 2. The fraction of sp³-hybridized carbons (Fsp3) is 0.238.